The number of ether oxygens (including phenoxy) is 2. The lowest BCUT2D eigenvalue weighted by Gasteiger charge is -2.31. The SMILES string of the molecule is COc1cccc(-c2cccc3c(C4CN(S(=O)(=O)c5cccs5)CCO4)ncn23)c1. The number of pyridine rings is 1. The first-order chi connectivity index (χ1) is 15.1. The smallest absolute Gasteiger partial charge is 0.252 e. The molecule has 1 aliphatic rings. The zero-order chi connectivity index (χ0) is 21.4. The van der Waals surface area contributed by atoms with Crippen LogP contribution in [-0.4, -0.2) is 48.9 Å². The van der Waals surface area contributed by atoms with Crippen molar-refractivity contribution < 1.29 is 17.9 Å². The summed E-state index contributed by atoms with van der Waals surface area (Å²) in [5, 5.41) is 1.77. The number of nitrogens with zero attached hydrogens (tertiary/aromatic N) is 3. The predicted molar refractivity (Wildman–Crippen MR) is 119 cm³/mol. The second-order valence-corrected chi connectivity index (χ2v) is 10.3. The van der Waals surface area contributed by atoms with Crippen LogP contribution in [-0.2, 0) is 14.8 Å². The van der Waals surface area contributed by atoms with Gasteiger partial charge in [0.2, 0.25) is 0 Å². The van der Waals surface area contributed by atoms with Gasteiger partial charge in [-0.3, -0.25) is 4.40 Å². The number of sulfonamides is 1. The summed E-state index contributed by atoms with van der Waals surface area (Å²) >= 11 is 1.23. The Morgan fingerprint density at radius 1 is 1.16 bits per heavy atom. The van der Waals surface area contributed by atoms with Crippen LogP contribution in [0.15, 0.2) is 70.5 Å². The van der Waals surface area contributed by atoms with Crippen molar-refractivity contribution in [2.45, 2.75) is 10.3 Å². The Hall–Kier alpha value is -2.72. The molecule has 160 valence electrons. The first kappa shape index (κ1) is 20.2. The zero-order valence-electron chi connectivity index (χ0n) is 16.8. The standard InChI is InChI=1S/C22H21N3O4S2/c1-28-17-6-2-5-16(13-17)18-7-3-8-19-22(23-15-25(18)19)20-14-24(10-11-29-20)31(26,27)21-9-4-12-30-21/h2-9,12-13,15,20H,10-11,14H2,1H3. The van der Waals surface area contributed by atoms with Crippen LogP contribution in [0.25, 0.3) is 16.8 Å². The van der Waals surface area contributed by atoms with Crippen LogP contribution >= 0.6 is 11.3 Å². The van der Waals surface area contributed by atoms with Gasteiger partial charge in [-0.05, 0) is 35.7 Å². The minimum absolute atomic E-state index is 0.232. The molecule has 0 saturated carbocycles. The van der Waals surface area contributed by atoms with E-state index in [9.17, 15) is 8.42 Å². The third kappa shape index (κ3) is 3.63. The summed E-state index contributed by atoms with van der Waals surface area (Å²) in [6.07, 6.45) is 1.32. The maximum Gasteiger partial charge on any atom is 0.252 e. The maximum atomic E-state index is 13.0. The molecule has 9 heteroatoms. The van der Waals surface area contributed by atoms with E-state index in [1.807, 2.05) is 46.9 Å². The van der Waals surface area contributed by atoms with Gasteiger partial charge in [-0.1, -0.05) is 24.3 Å². The van der Waals surface area contributed by atoms with Gasteiger partial charge >= 0.3 is 0 Å². The molecule has 0 bridgehead atoms. The van der Waals surface area contributed by atoms with Gasteiger partial charge in [0.15, 0.2) is 0 Å². The van der Waals surface area contributed by atoms with Gasteiger partial charge in [-0.15, -0.1) is 11.3 Å². The maximum absolute atomic E-state index is 13.0. The molecule has 3 aromatic heterocycles. The Morgan fingerprint density at radius 3 is 2.84 bits per heavy atom. The van der Waals surface area contributed by atoms with Crippen LogP contribution in [0.1, 0.15) is 11.8 Å². The fourth-order valence-corrected chi connectivity index (χ4v) is 6.42. The van der Waals surface area contributed by atoms with E-state index < -0.39 is 16.1 Å². The number of hydrogen-bond donors (Lipinski definition) is 0. The van der Waals surface area contributed by atoms with Gasteiger partial charge in [0.25, 0.3) is 10.0 Å². The van der Waals surface area contributed by atoms with Gasteiger partial charge in [0, 0.05) is 18.7 Å². The van der Waals surface area contributed by atoms with Gasteiger partial charge in [-0.25, -0.2) is 13.4 Å². The topological polar surface area (TPSA) is 73.1 Å². The van der Waals surface area contributed by atoms with Crippen LogP contribution in [0.2, 0.25) is 0 Å². The molecule has 7 nitrogen and oxygen atoms in total. The number of fused-ring (bicyclic) bond motifs is 1. The largest absolute Gasteiger partial charge is 0.497 e. The van der Waals surface area contributed by atoms with E-state index in [2.05, 4.69) is 4.98 Å². The van der Waals surface area contributed by atoms with E-state index in [0.717, 1.165) is 28.2 Å². The summed E-state index contributed by atoms with van der Waals surface area (Å²) in [5.41, 5.74) is 3.59. The second kappa shape index (κ2) is 8.08. The fourth-order valence-electron chi connectivity index (χ4n) is 3.85. The van der Waals surface area contributed by atoms with E-state index in [-0.39, 0.29) is 6.54 Å². The van der Waals surface area contributed by atoms with Crippen molar-refractivity contribution in [1.82, 2.24) is 13.7 Å². The van der Waals surface area contributed by atoms with Crippen LogP contribution in [0, 0.1) is 0 Å². The molecule has 1 atom stereocenters. The van der Waals surface area contributed by atoms with Crippen molar-refractivity contribution >= 4 is 26.9 Å². The Balaban J connectivity index is 1.50. The first-order valence-corrected chi connectivity index (χ1v) is 12.2. The lowest BCUT2D eigenvalue weighted by molar-refractivity contribution is -0.00384. The van der Waals surface area contributed by atoms with Crippen molar-refractivity contribution in [3.05, 3.63) is 72.0 Å². The first-order valence-electron chi connectivity index (χ1n) is 9.83. The fraction of sp³-hybridized carbons (Fsp3) is 0.227. The van der Waals surface area contributed by atoms with Crippen LogP contribution < -0.4 is 4.74 Å². The minimum Gasteiger partial charge on any atom is -0.497 e. The molecule has 31 heavy (non-hydrogen) atoms. The molecule has 1 fully saturated rings. The highest BCUT2D eigenvalue weighted by atomic mass is 32.2. The predicted octanol–water partition coefficient (Wildman–Crippen LogP) is 3.83. The van der Waals surface area contributed by atoms with Crippen LogP contribution in [0.4, 0.5) is 0 Å². The van der Waals surface area contributed by atoms with Crippen LogP contribution in [0.5, 0.6) is 5.75 Å². The monoisotopic (exact) mass is 455 g/mol. The number of hydrogen-bond acceptors (Lipinski definition) is 6. The zero-order valence-corrected chi connectivity index (χ0v) is 18.5. The summed E-state index contributed by atoms with van der Waals surface area (Å²) in [7, 11) is -1.89. The lowest BCUT2D eigenvalue weighted by atomic mass is 10.1. The molecular weight excluding hydrogens is 434 g/mol. The number of benzene rings is 1. The molecule has 4 aromatic rings. The molecule has 0 amide bonds. The highest BCUT2D eigenvalue weighted by Crippen LogP contribution is 2.32. The molecule has 1 unspecified atom stereocenters. The number of thiophene rings is 1. The Kier molecular flexibility index (Phi) is 5.27. The number of aromatic nitrogens is 2. The average Bonchev–Trinajstić information content (AvgIpc) is 3.50. The van der Waals surface area contributed by atoms with Gasteiger partial charge in [0.1, 0.15) is 22.4 Å². The molecule has 5 rings (SSSR count). The van der Waals surface area contributed by atoms with E-state index in [0.29, 0.717) is 17.4 Å². The molecule has 0 radical (unpaired) electrons. The Morgan fingerprint density at radius 2 is 2.03 bits per heavy atom. The molecule has 4 heterocycles. The third-order valence-corrected chi connectivity index (χ3v) is 8.63. The summed E-state index contributed by atoms with van der Waals surface area (Å²) in [5.74, 6) is 0.778. The quantitative estimate of drug-likeness (QED) is 0.457. The molecule has 0 aliphatic carbocycles. The Labute approximate surface area is 184 Å². The lowest BCUT2D eigenvalue weighted by Crippen LogP contribution is -2.42. The van der Waals surface area contributed by atoms with E-state index in [1.165, 1.54) is 15.6 Å². The molecule has 0 N–H and O–H groups in total. The molecule has 1 saturated heterocycles. The van der Waals surface area contributed by atoms with Crippen molar-refractivity contribution in [2.24, 2.45) is 0 Å². The van der Waals surface area contributed by atoms with Crippen molar-refractivity contribution in [2.75, 3.05) is 26.8 Å². The minimum atomic E-state index is -3.53. The number of methoxy groups -OCH3 is 1. The van der Waals surface area contributed by atoms with Crippen molar-refractivity contribution in [3.8, 4) is 17.0 Å². The van der Waals surface area contributed by atoms with E-state index >= 15 is 0 Å². The third-order valence-electron chi connectivity index (χ3n) is 5.39. The van der Waals surface area contributed by atoms with E-state index in [1.54, 1.807) is 30.9 Å². The molecule has 1 aromatic carbocycles. The van der Waals surface area contributed by atoms with Gasteiger partial charge < -0.3 is 9.47 Å². The van der Waals surface area contributed by atoms with Crippen molar-refractivity contribution in [1.29, 1.82) is 0 Å². The summed E-state index contributed by atoms with van der Waals surface area (Å²) < 4.78 is 41.1. The normalized spacial score (nSPS) is 17.8. The van der Waals surface area contributed by atoms with Gasteiger partial charge in [-0.2, -0.15) is 4.31 Å². The van der Waals surface area contributed by atoms with Crippen molar-refractivity contribution in [3.63, 3.8) is 0 Å². The van der Waals surface area contributed by atoms with Gasteiger partial charge in [0.05, 0.1) is 30.6 Å². The van der Waals surface area contributed by atoms with Crippen LogP contribution in [0.3, 0.4) is 0 Å². The average molecular weight is 456 g/mol. The number of morpholine rings is 1. The highest BCUT2D eigenvalue weighted by Gasteiger charge is 2.33. The molecule has 1 aliphatic heterocycles. The summed E-state index contributed by atoms with van der Waals surface area (Å²) in [6, 6.07) is 17.2. The number of rotatable bonds is 5. The molecule has 0 spiro atoms. The summed E-state index contributed by atoms with van der Waals surface area (Å²) in [6.45, 7) is 0.887. The number of imidazole rings is 1. The van der Waals surface area contributed by atoms with E-state index in [4.69, 9.17) is 9.47 Å². The highest BCUT2D eigenvalue weighted by molar-refractivity contribution is 7.91. The molecular formula is C22H21N3O4S2. The second-order valence-electron chi connectivity index (χ2n) is 7.18. The Bertz CT molecular complexity index is 1320. The summed E-state index contributed by atoms with van der Waals surface area (Å²) in [4.78, 5) is 4.61.